The van der Waals surface area contributed by atoms with Gasteiger partial charge in [-0.3, -0.25) is 4.68 Å². The maximum Gasteiger partial charge on any atom is 0.358 e. The molecule has 18 heavy (non-hydrogen) atoms. The lowest BCUT2D eigenvalue weighted by Crippen LogP contribution is -2.28. The molecule has 8 heteroatoms. The Bertz CT molecular complexity index is 521. The third kappa shape index (κ3) is 3.52. The molecular formula is C10H17N3O4S. The lowest BCUT2D eigenvalue weighted by molar-refractivity contribution is 0.0690. The van der Waals surface area contributed by atoms with Crippen LogP contribution in [0.3, 0.4) is 0 Å². The summed E-state index contributed by atoms with van der Waals surface area (Å²) < 4.78 is 25.0. The fourth-order valence-corrected chi connectivity index (χ4v) is 2.97. The number of nitrogens with zero attached hydrogens (tertiary/aromatic N) is 3. The number of hydrogen-bond acceptors (Lipinski definition) is 5. The van der Waals surface area contributed by atoms with Crippen molar-refractivity contribution < 1.29 is 18.3 Å². The molecule has 102 valence electrons. The van der Waals surface area contributed by atoms with E-state index in [0.29, 0.717) is 0 Å². The first-order chi connectivity index (χ1) is 8.24. The van der Waals surface area contributed by atoms with E-state index in [2.05, 4.69) is 10.3 Å². The Labute approximate surface area is 106 Å². The molecule has 0 aliphatic carbocycles. The van der Waals surface area contributed by atoms with Gasteiger partial charge in [-0.05, 0) is 12.8 Å². The first-order valence-corrected chi connectivity index (χ1v) is 7.30. The van der Waals surface area contributed by atoms with Crippen LogP contribution in [0, 0.1) is 5.92 Å². The molecule has 1 heterocycles. The van der Waals surface area contributed by atoms with Gasteiger partial charge in [0, 0.05) is 0 Å². The smallest absolute Gasteiger partial charge is 0.358 e. The van der Waals surface area contributed by atoms with Gasteiger partial charge in [-0.2, -0.15) is 0 Å². The average Bonchev–Trinajstić information content (AvgIpc) is 2.74. The first-order valence-electron chi connectivity index (χ1n) is 5.59. The highest BCUT2D eigenvalue weighted by Crippen LogP contribution is 2.12. The van der Waals surface area contributed by atoms with E-state index < -0.39 is 21.1 Å². The standard InChI is InChI=1S/C10H17N3O4S/c1-7(2)8(3)18(16,17)5-4-13-6-9(10(14)15)11-12-13/h6-8H,4-5H2,1-3H3,(H,14,15). The summed E-state index contributed by atoms with van der Waals surface area (Å²) >= 11 is 0. The number of sulfone groups is 1. The molecule has 0 saturated heterocycles. The minimum absolute atomic E-state index is 0.0420. The van der Waals surface area contributed by atoms with Crippen LogP contribution in [0.4, 0.5) is 0 Å². The lowest BCUT2D eigenvalue weighted by Gasteiger charge is -2.15. The molecule has 1 aromatic heterocycles. The molecule has 1 atom stereocenters. The molecule has 7 nitrogen and oxygen atoms in total. The van der Waals surface area contributed by atoms with Crippen molar-refractivity contribution in [2.24, 2.45) is 5.92 Å². The summed E-state index contributed by atoms with van der Waals surface area (Å²) in [5.41, 5.74) is -0.190. The summed E-state index contributed by atoms with van der Waals surface area (Å²) in [6.07, 6.45) is 1.22. The number of carboxylic acid groups (broad SMARTS) is 1. The number of rotatable bonds is 6. The number of aromatic nitrogens is 3. The number of aromatic carboxylic acids is 1. The van der Waals surface area contributed by atoms with Gasteiger partial charge in [0.15, 0.2) is 15.5 Å². The molecule has 0 radical (unpaired) electrons. The molecule has 0 aliphatic rings. The minimum Gasteiger partial charge on any atom is -0.476 e. The highest BCUT2D eigenvalue weighted by Gasteiger charge is 2.23. The summed E-state index contributed by atoms with van der Waals surface area (Å²) in [7, 11) is -3.20. The molecule has 1 rings (SSSR count). The Morgan fingerprint density at radius 2 is 2.06 bits per heavy atom. The van der Waals surface area contributed by atoms with Crippen molar-refractivity contribution in [1.82, 2.24) is 15.0 Å². The third-order valence-corrected chi connectivity index (χ3v) is 5.30. The monoisotopic (exact) mass is 275 g/mol. The van der Waals surface area contributed by atoms with Gasteiger partial charge in [-0.25, -0.2) is 13.2 Å². The van der Waals surface area contributed by atoms with Crippen molar-refractivity contribution in [2.45, 2.75) is 32.6 Å². The van der Waals surface area contributed by atoms with Gasteiger partial charge in [0.25, 0.3) is 0 Å². The SMILES string of the molecule is CC(C)C(C)S(=O)(=O)CCn1cc(C(=O)O)nn1. The number of aryl methyl sites for hydroxylation is 1. The Kier molecular flexibility index (Phi) is 4.44. The van der Waals surface area contributed by atoms with E-state index >= 15 is 0 Å². The molecule has 0 fully saturated rings. The largest absolute Gasteiger partial charge is 0.476 e. The van der Waals surface area contributed by atoms with Gasteiger partial charge in [0.2, 0.25) is 0 Å². The van der Waals surface area contributed by atoms with Crippen molar-refractivity contribution >= 4 is 15.8 Å². The van der Waals surface area contributed by atoms with Crippen LogP contribution in [0.15, 0.2) is 6.20 Å². The molecule has 1 unspecified atom stereocenters. The van der Waals surface area contributed by atoms with Crippen LogP contribution >= 0.6 is 0 Å². The van der Waals surface area contributed by atoms with E-state index in [9.17, 15) is 13.2 Å². The van der Waals surface area contributed by atoms with Crippen LogP contribution in [0.1, 0.15) is 31.3 Å². The second kappa shape index (κ2) is 5.47. The molecule has 0 aromatic carbocycles. The van der Waals surface area contributed by atoms with Gasteiger partial charge < -0.3 is 5.11 Å². The second-order valence-electron chi connectivity index (χ2n) is 4.49. The van der Waals surface area contributed by atoms with E-state index in [4.69, 9.17) is 5.11 Å². The van der Waals surface area contributed by atoms with Crippen LogP contribution in [-0.4, -0.2) is 45.5 Å². The lowest BCUT2D eigenvalue weighted by atomic mass is 10.2. The van der Waals surface area contributed by atoms with E-state index in [-0.39, 0.29) is 23.9 Å². The van der Waals surface area contributed by atoms with Gasteiger partial charge in [0.05, 0.1) is 23.7 Å². The van der Waals surface area contributed by atoms with E-state index in [1.807, 2.05) is 13.8 Å². The van der Waals surface area contributed by atoms with Crippen LogP contribution in [0.5, 0.6) is 0 Å². The maximum atomic E-state index is 11.9. The van der Waals surface area contributed by atoms with Crippen molar-refractivity contribution in [3.05, 3.63) is 11.9 Å². The van der Waals surface area contributed by atoms with Gasteiger partial charge in [-0.1, -0.05) is 19.1 Å². The van der Waals surface area contributed by atoms with Crippen molar-refractivity contribution in [2.75, 3.05) is 5.75 Å². The predicted octanol–water partition coefficient (Wildman–Crippen LogP) is 0.436. The summed E-state index contributed by atoms with van der Waals surface area (Å²) in [6.45, 7) is 5.48. The summed E-state index contributed by atoms with van der Waals surface area (Å²) in [6, 6.07) is 0. The van der Waals surface area contributed by atoms with Gasteiger partial charge >= 0.3 is 5.97 Å². The maximum absolute atomic E-state index is 11.9. The van der Waals surface area contributed by atoms with E-state index in [1.165, 1.54) is 10.9 Å². The van der Waals surface area contributed by atoms with Crippen molar-refractivity contribution in [3.63, 3.8) is 0 Å². The molecule has 0 amide bonds. The van der Waals surface area contributed by atoms with Gasteiger partial charge in [-0.15, -0.1) is 5.10 Å². The Morgan fingerprint density at radius 1 is 1.44 bits per heavy atom. The number of hydrogen-bond donors (Lipinski definition) is 1. The second-order valence-corrected chi connectivity index (χ2v) is 6.97. The third-order valence-electron chi connectivity index (χ3n) is 2.87. The molecule has 0 saturated carbocycles. The van der Waals surface area contributed by atoms with Crippen LogP contribution < -0.4 is 0 Å². The Morgan fingerprint density at radius 3 is 2.50 bits per heavy atom. The number of carbonyl (C=O) groups is 1. The highest BCUT2D eigenvalue weighted by molar-refractivity contribution is 7.92. The zero-order valence-electron chi connectivity index (χ0n) is 10.6. The average molecular weight is 275 g/mol. The molecule has 1 N–H and O–H groups in total. The van der Waals surface area contributed by atoms with Crippen LogP contribution in [0.2, 0.25) is 0 Å². The van der Waals surface area contributed by atoms with Gasteiger partial charge in [0.1, 0.15) is 0 Å². The molecule has 0 bridgehead atoms. The summed E-state index contributed by atoms with van der Waals surface area (Å²) in [5, 5.41) is 15.2. The highest BCUT2D eigenvalue weighted by atomic mass is 32.2. The van der Waals surface area contributed by atoms with Crippen LogP contribution in [-0.2, 0) is 16.4 Å². The molecule has 1 aromatic rings. The van der Waals surface area contributed by atoms with E-state index in [0.717, 1.165) is 0 Å². The van der Waals surface area contributed by atoms with Crippen LogP contribution in [0.25, 0.3) is 0 Å². The molecule has 0 aliphatic heterocycles. The zero-order chi connectivity index (χ0) is 13.9. The quantitative estimate of drug-likeness (QED) is 0.808. The normalized spacial score (nSPS) is 13.8. The fourth-order valence-electron chi connectivity index (χ4n) is 1.33. The first kappa shape index (κ1) is 14.6. The Balaban J connectivity index is 2.67. The topological polar surface area (TPSA) is 102 Å². The summed E-state index contributed by atoms with van der Waals surface area (Å²) in [4.78, 5) is 10.6. The fraction of sp³-hybridized carbons (Fsp3) is 0.700. The Hall–Kier alpha value is -1.44. The van der Waals surface area contributed by atoms with Crippen molar-refractivity contribution in [1.29, 1.82) is 0 Å². The zero-order valence-corrected chi connectivity index (χ0v) is 11.4. The molecular weight excluding hydrogens is 258 g/mol. The number of carboxylic acids is 1. The van der Waals surface area contributed by atoms with E-state index in [1.54, 1.807) is 6.92 Å². The predicted molar refractivity (Wildman–Crippen MR) is 65.1 cm³/mol. The molecule has 0 spiro atoms. The van der Waals surface area contributed by atoms with Crippen molar-refractivity contribution in [3.8, 4) is 0 Å². The summed E-state index contributed by atoms with van der Waals surface area (Å²) in [5.74, 6) is -1.21. The minimum atomic E-state index is -3.20.